The number of fused-ring (bicyclic) bond motifs is 8. The molecule has 7 rings (SSSR count). The molecule has 4 atom stereocenters. The Morgan fingerprint density at radius 1 is 0.938 bits per heavy atom. The number of esters is 1. The van der Waals surface area contributed by atoms with E-state index >= 15 is 0 Å². The van der Waals surface area contributed by atoms with Crippen molar-refractivity contribution in [2.24, 2.45) is 0 Å². The number of benzene rings is 3. The van der Waals surface area contributed by atoms with E-state index in [1.54, 1.807) is 0 Å². The lowest BCUT2D eigenvalue weighted by atomic mass is 9.34. The van der Waals surface area contributed by atoms with Gasteiger partial charge in [-0.15, -0.1) is 0 Å². The summed E-state index contributed by atoms with van der Waals surface area (Å²) in [5.41, 5.74) is 5.30. The molecule has 4 heteroatoms. The molecule has 158 valence electrons. The number of piperidine rings is 1. The first kappa shape index (κ1) is 18.2. The Morgan fingerprint density at radius 2 is 1.62 bits per heavy atom. The molecular weight excluding hydrogens is 398 g/mol. The van der Waals surface area contributed by atoms with Crippen LogP contribution in [0.1, 0.15) is 48.3 Å². The van der Waals surface area contributed by atoms with Crippen LogP contribution in [0.25, 0.3) is 11.1 Å². The van der Waals surface area contributed by atoms with Crippen molar-refractivity contribution in [1.29, 1.82) is 0 Å². The van der Waals surface area contributed by atoms with Gasteiger partial charge >= 0.3 is 5.97 Å². The number of hydrogen-bond donors (Lipinski definition) is 0. The number of hydrogen-bond acceptors (Lipinski definition) is 3. The van der Waals surface area contributed by atoms with Crippen molar-refractivity contribution in [3.8, 4) is 11.1 Å². The highest BCUT2D eigenvalue weighted by atomic mass is 16.5. The lowest BCUT2D eigenvalue weighted by Crippen LogP contribution is -2.82. The fourth-order valence-corrected chi connectivity index (χ4v) is 7.64. The molecule has 0 N–H and O–H groups in total. The van der Waals surface area contributed by atoms with Gasteiger partial charge in [0, 0.05) is 29.4 Å². The topological polar surface area (TPSA) is 46.6 Å². The summed E-state index contributed by atoms with van der Waals surface area (Å²) in [5.74, 6) is -0.234. The molecule has 4 aliphatic rings. The molecule has 0 bridgehead atoms. The molecule has 0 unspecified atom stereocenters. The number of amides is 1. The lowest BCUT2D eigenvalue weighted by molar-refractivity contribution is -0.169. The van der Waals surface area contributed by atoms with Gasteiger partial charge in [0.1, 0.15) is 0 Å². The minimum atomic E-state index is -1.03. The minimum absolute atomic E-state index is 0.0217. The van der Waals surface area contributed by atoms with Crippen LogP contribution in [0.3, 0.4) is 0 Å². The molecule has 3 aromatic carbocycles. The zero-order valence-corrected chi connectivity index (χ0v) is 17.9. The van der Waals surface area contributed by atoms with Crippen molar-refractivity contribution >= 4 is 17.6 Å². The molecule has 3 aromatic rings. The second-order valence-corrected chi connectivity index (χ2v) is 9.33. The van der Waals surface area contributed by atoms with E-state index in [9.17, 15) is 9.59 Å². The van der Waals surface area contributed by atoms with Gasteiger partial charge in [-0.25, -0.2) is 4.79 Å². The van der Waals surface area contributed by atoms with Crippen molar-refractivity contribution in [2.45, 2.75) is 42.6 Å². The molecule has 1 saturated heterocycles. The summed E-state index contributed by atoms with van der Waals surface area (Å²) in [6.07, 6.45) is 1.08. The fourth-order valence-electron chi connectivity index (χ4n) is 7.64. The number of anilines is 1. The maximum atomic E-state index is 14.0. The Balaban J connectivity index is 1.63. The Kier molecular flexibility index (Phi) is 3.35. The van der Waals surface area contributed by atoms with Crippen molar-refractivity contribution in [1.82, 2.24) is 0 Å². The first-order valence-electron chi connectivity index (χ1n) is 11.5. The maximum Gasteiger partial charge on any atom is 0.334 e. The largest absolute Gasteiger partial charge is 0.464 e. The summed E-state index contributed by atoms with van der Waals surface area (Å²) >= 11 is 0. The van der Waals surface area contributed by atoms with Crippen LogP contribution in [0.4, 0.5) is 5.69 Å². The summed E-state index contributed by atoms with van der Waals surface area (Å²) in [5, 5.41) is 0. The fraction of sp³-hybridized carbons (Fsp3) is 0.286. The van der Waals surface area contributed by atoms with Gasteiger partial charge in [0.25, 0.3) is 0 Å². The van der Waals surface area contributed by atoms with E-state index < -0.39 is 11.0 Å². The summed E-state index contributed by atoms with van der Waals surface area (Å²) in [6.45, 7) is 2.14. The lowest BCUT2D eigenvalue weighted by Gasteiger charge is -2.71. The van der Waals surface area contributed by atoms with Gasteiger partial charge in [-0.05, 0) is 47.2 Å². The molecule has 1 saturated carbocycles. The molecule has 2 fully saturated rings. The van der Waals surface area contributed by atoms with Gasteiger partial charge in [-0.1, -0.05) is 66.7 Å². The van der Waals surface area contributed by atoms with Crippen molar-refractivity contribution in [2.75, 3.05) is 11.5 Å². The molecular formula is C28H23NO3. The van der Waals surface area contributed by atoms with Gasteiger partial charge in [0.05, 0.1) is 6.61 Å². The zero-order chi connectivity index (χ0) is 21.7. The normalized spacial score (nSPS) is 30.3. The smallest absolute Gasteiger partial charge is 0.334 e. The second kappa shape index (κ2) is 5.89. The van der Waals surface area contributed by atoms with Crippen molar-refractivity contribution in [3.05, 3.63) is 89.5 Å². The number of rotatable bonds is 2. The minimum Gasteiger partial charge on any atom is -0.464 e. The number of ether oxygens (including phenoxy) is 1. The summed E-state index contributed by atoms with van der Waals surface area (Å²) in [4.78, 5) is 29.3. The molecule has 4 nitrogen and oxygen atoms in total. The summed E-state index contributed by atoms with van der Waals surface area (Å²) < 4.78 is 5.78. The van der Waals surface area contributed by atoms with Crippen LogP contribution >= 0.6 is 0 Å². The van der Waals surface area contributed by atoms with Crippen molar-refractivity contribution < 1.29 is 14.3 Å². The Labute approximate surface area is 186 Å². The highest BCUT2D eigenvalue weighted by Crippen LogP contribution is 2.80. The number of nitrogens with zero attached hydrogens (tertiary/aromatic N) is 1. The Hall–Kier alpha value is -3.40. The van der Waals surface area contributed by atoms with Gasteiger partial charge in [0.2, 0.25) is 5.91 Å². The van der Waals surface area contributed by atoms with Crippen LogP contribution in [0.15, 0.2) is 72.8 Å². The summed E-state index contributed by atoms with van der Waals surface area (Å²) in [7, 11) is 0. The van der Waals surface area contributed by atoms with E-state index in [-0.39, 0.29) is 23.7 Å². The van der Waals surface area contributed by atoms with Crippen LogP contribution in [-0.4, -0.2) is 24.0 Å². The molecule has 0 radical (unpaired) electrons. The average Bonchev–Trinajstić information content (AvgIpc) is 3.11. The van der Waals surface area contributed by atoms with Gasteiger partial charge in [0.15, 0.2) is 5.54 Å². The Morgan fingerprint density at radius 3 is 2.44 bits per heavy atom. The second-order valence-electron chi connectivity index (χ2n) is 9.33. The first-order valence-corrected chi connectivity index (χ1v) is 11.5. The van der Waals surface area contributed by atoms with E-state index in [1.807, 2.05) is 30.0 Å². The number of carbonyl (C=O) groups excluding carboxylic acids is 2. The zero-order valence-electron chi connectivity index (χ0n) is 17.9. The first-order chi connectivity index (χ1) is 15.7. The number of carbonyl (C=O) groups is 2. The molecule has 0 aromatic heterocycles. The molecule has 1 spiro atoms. The third-order valence-electron chi connectivity index (χ3n) is 8.42. The van der Waals surface area contributed by atoms with E-state index in [0.717, 1.165) is 11.3 Å². The predicted octanol–water partition coefficient (Wildman–Crippen LogP) is 4.93. The number of para-hydroxylation sites is 1. The predicted molar refractivity (Wildman–Crippen MR) is 122 cm³/mol. The monoisotopic (exact) mass is 421 g/mol. The molecule has 2 heterocycles. The summed E-state index contributed by atoms with van der Waals surface area (Å²) in [6, 6.07) is 25.1. The maximum absolute atomic E-state index is 14.0. The highest BCUT2D eigenvalue weighted by molar-refractivity contribution is 6.11. The van der Waals surface area contributed by atoms with E-state index in [4.69, 9.17) is 4.74 Å². The van der Waals surface area contributed by atoms with E-state index in [0.29, 0.717) is 19.4 Å². The van der Waals surface area contributed by atoms with E-state index in [2.05, 4.69) is 54.6 Å². The third-order valence-corrected chi connectivity index (χ3v) is 8.42. The van der Waals surface area contributed by atoms with E-state index in [1.165, 1.54) is 22.3 Å². The third kappa shape index (κ3) is 1.69. The van der Waals surface area contributed by atoms with Crippen LogP contribution < -0.4 is 4.90 Å². The molecule has 32 heavy (non-hydrogen) atoms. The van der Waals surface area contributed by atoms with Gasteiger partial charge in [-0.2, -0.15) is 0 Å². The van der Waals surface area contributed by atoms with Gasteiger partial charge < -0.3 is 4.74 Å². The Bertz CT molecular complexity index is 1330. The highest BCUT2D eigenvalue weighted by Gasteiger charge is 2.85. The molecule has 2 aliphatic heterocycles. The average molecular weight is 421 g/mol. The van der Waals surface area contributed by atoms with Crippen LogP contribution in [0.2, 0.25) is 0 Å². The quantitative estimate of drug-likeness (QED) is 0.552. The van der Waals surface area contributed by atoms with Crippen LogP contribution in [0, 0.1) is 0 Å². The van der Waals surface area contributed by atoms with Crippen LogP contribution in [-0.2, 0) is 19.7 Å². The molecule has 2 aliphatic carbocycles. The standard InChI is InChI=1S/C28H23NO3/c1-2-32-26(31)28-25-20-12-6-8-14-22(20)29(28)23(30)15-16-27(28)21-13-7-5-10-18(21)17-9-3-4-11-19(17)24(25)27/h3-14,24-25H,2,15-16H2,1H3/t24-,25-,27-,28+/m0/s1. The SMILES string of the molecule is CCOC(=O)[C@@]12[C@H]3c4ccccc4N1C(=O)CC[C@@]21c2ccccc2-c2ccccc2[C@@H]31. The van der Waals surface area contributed by atoms with Crippen molar-refractivity contribution in [3.63, 3.8) is 0 Å². The van der Waals surface area contributed by atoms with Gasteiger partial charge in [-0.3, -0.25) is 9.69 Å². The molecule has 1 amide bonds. The van der Waals surface area contributed by atoms with Crippen LogP contribution in [0.5, 0.6) is 0 Å².